The van der Waals surface area contributed by atoms with Crippen molar-refractivity contribution in [2.75, 3.05) is 29.1 Å². The number of benzene rings is 3. The summed E-state index contributed by atoms with van der Waals surface area (Å²) < 4.78 is 10.6. The summed E-state index contributed by atoms with van der Waals surface area (Å²) in [5.74, 6) is -0.793. The number of ether oxygens (including phenoxy) is 2. The molecule has 1 aliphatic heterocycles. The number of carbonyl (C=O) groups is 3. The molecule has 0 aromatic heterocycles. The van der Waals surface area contributed by atoms with Gasteiger partial charge in [-0.15, -0.1) is 12.4 Å². The molecule has 0 spiro atoms. The van der Waals surface area contributed by atoms with Crippen LogP contribution in [0.5, 0.6) is 0 Å². The Bertz CT molecular complexity index is 1140. The van der Waals surface area contributed by atoms with Crippen molar-refractivity contribution in [3.8, 4) is 0 Å². The topological polar surface area (TPSA) is 111 Å². The molecule has 0 saturated carbocycles. The van der Waals surface area contributed by atoms with Crippen LogP contribution >= 0.6 is 12.4 Å². The van der Waals surface area contributed by atoms with Crippen LogP contribution in [0.3, 0.4) is 0 Å². The summed E-state index contributed by atoms with van der Waals surface area (Å²) in [6.07, 6.45) is -1.13. The highest BCUT2D eigenvalue weighted by Crippen LogP contribution is 2.23. The lowest BCUT2D eigenvalue weighted by molar-refractivity contribution is 0.0300. The van der Waals surface area contributed by atoms with Crippen LogP contribution in [0.25, 0.3) is 0 Å². The number of nitrogen functional groups attached to an aromatic ring is 1. The molecule has 0 radical (unpaired) electrons. The number of nitrogens with two attached hydrogens (primary N) is 1. The van der Waals surface area contributed by atoms with Gasteiger partial charge in [-0.3, -0.25) is 9.69 Å². The highest BCUT2D eigenvalue weighted by molar-refractivity contribution is 6.06. The molecule has 1 atom stereocenters. The number of nitrogens with zero attached hydrogens (tertiary/aromatic N) is 1. The Balaban J connectivity index is 0.00000306. The number of halogens is 1. The summed E-state index contributed by atoms with van der Waals surface area (Å²) in [5.41, 5.74) is 8.27. The molecule has 1 saturated heterocycles. The van der Waals surface area contributed by atoms with Gasteiger partial charge in [0.25, 0.3) is 5.91 Å². The van der Waals surface area contributed by atoms with Crippen LogP contribution in [0.15, 0.2) is 78.9 Å². The van der Waals surface area contributed by atoms with Crippen LogP contribution < -0.4 is 16.0 Å². The fourth-order valence-electron chi connectivity index (χ4n) is 3.24. The minimum atomic E-state index is -0.584. The van der Waals surface area contributed by atoms with E-state index >= 15 is 0 Å². The number of hydrogen-bond acceptors (Lipinski definition) is 6. The summed E-state index contributed by atoms with van der Waals surface area (Å²) in [4.78, 5) is 38.2. The zero-order chi connectivity index (χ0) is 22.5. The number of rotatable bonds is 6. The van der Waals surface area contributed by atoms with E-state index in [4.69, 9.17) is 15.2 Å². The van der Waals surface area contributed by atoms with Crippen molar-refractivity contribution in [2.24, 2.45) is 0 Å². The fourth-order valence-corrected chi connectivity index (χ4v) is 3.24. The van der Waals surface area contributed by atoms with Gasteiger partial charge in [0.1, 0.15) is 6.61 Å². The van der Waals surface area contributed by atoms with Crippen molar-refractivity contribution in [3.05, 3.63) is 90.0 Å². The van der Waals surface area contributed by atoms with E-state index in [1.807, 2.05) is 0 Å². The number of nitrogens with one attached hydrogen (secondary N) is 1. The third kappa shape index (κ3) is 5.61. The molecule has 33 heavy (non-hydrogen) atoms. The number of esters is 1. The van der Waals surface area contributed by atoms with E-state index in [9.17, 15) is 14.4 Å². The predicted octanol–water partition coefficient (Wildman–Crippen LogP) is 4.13. The maximum atomic E-state index is 12.5. The van der Waals surface area contributed by atoms with Gasteiger partial charge in [0.05, 0.1) is 23.5 Å². The normalized spacial score (nSPS) is 14.7. The molecule has 1 fully saturated rings. The van der Waals surface area contributed by atoms with Crippen LogP contribution in [0, 0.1) is 0 Å². The van der Waals surface area contributed by atoms with Gasteiger partial charge in [-0.05, 0) is 48.5 Å². The van der Waals surface area contributed by atoms with E-state index in [0.717, 1.165) is 0 Å². The molecular formula is C24H22ClN3O5. The molecule has 9 heteroatoms. The summed E-state index contributed by atoms with van der Waals surface area (Å²) >= 11 is 0. The summed E-state index contributed by atoms with van der Waals surface area (Å²) in [6.45, 7) is 0.182. The van der Waals surface area contributed by atoms with Gasteiger partial charge in [0, 0.05) is 11.3 Å². The lowest BCUT2D eigenvalue weighted by Crippen LogP contribution is -2.26. The van der Waals surface area contributed by atoms with Crippen molar-refractivity contribution < 1.29 is 23.9 Å². The molecule has 3 N–H and O–H groups in total. The number of amides is 2. The number of carbonyl (C=O) groups excluding carboxylic acids is 3. The lowest BCUT2D eigenvalue weighted by atomic mass is 10.1. The second kappa shape index (κ2) is 10.5. The maximum absolute atomic E-state index is 12.5. The van der Waals surface area contributed by atoms with Crippen molar-refractivity contribution in [1.29, 1.82) is 0 Å². The Morgan fingerprint density at radius 3 is 2.33 bits per heavy atom. The minimum Gasteiger partial charge on any atom is -0.458 e. The van der Waals surface area contributed by atoms with Gasteiger partial charge in [0.15, 0.2) is 6.10 Å². The first kappa shape index (κ1) is 23.6. The molecule has 4 rings (SSSR count). The molecule has 0 bridgehead atoms. The van der Waals surface area contributed by atoms with Gasteiger partial charge in [-0.2, -0.15) is 0 Å². The molecule has 1 heterocycles. The first-order chi connectivity index (χ1) is 15.5. The van der Waals surface area contributed by atoms with Gasteiger partial charge in [-0.1, -0.05) is 30.3 Å². The van der Waals surface area contributed by atoms with Gasteiger partial charge < -0.3 is 20.5 Å². The van der Waals surface area contributed by atoms with E-state index < -0.39 is 18.2 Å². The molecular weight excluding hydrogens is 446 g/mol. The van der Waals surface area contributed by atoms with Crippen molar-refractivity contribution >= 4 is 47.4 Å². The SMILES string of the molecule is Cl.Nc1ccccc1NC(=O)c1ccc(N2CC(COC(=O)c3ccccc3)OC2=O)cc1. The first-order valence-corrected chi connectivity index (χ1v) is 9.97. The second-order valence-electron chi connectivity index (χ2n) is 7.17. The molecule has 1 aliphatic rings. The van der Waals surface area contributed by atoms with Crippen LogP contribution in [0.2, 0.25) is 0 Å². The maximum Gasteiger partial charge on any atom is 0.414 e. The zero-order valence-corrected chi connectivity index (χ0v) is 18.3. The van der Waals surface area contributed by atoms with Gasteiger partial charge in [0.2, 0.25) is 0 Å². The van der Waals surface area contributed by atoms with E-state index in [1.54, 1.807) is 78.9 Å². The quantitative estimate of drug-likeness (QED) is 0.416. The highest BCUT2D eigenvalue weighted by atomic mass is 35.5. The number of hydrogen-bond donors (Lipinski definition) is 2. The average Bonchev–Trinajstić information content (AvgIpc) is 3.20. The van der Waals surface area contributed by atoms with Gasteiger partial charge in [-0.25, -0.2) is 9.59 Å². The molecule has 1 unspecified atom stereocenters. The summed E-state index contributed by atoms with van der Waals surface area (Å²) in [6, 6.07) is 22.1. The lowest BCUT2D eigenvalue weighted by Gasteiger charge is -2.14. The Morgan fingerprint density at radius 2 is 1.64 bits per heavy atom. The average molecular weight is 468 g/mol. The summed E-state index contributed by atoms with van der Waals surface area (Å²) in [5, 5.41) is 2.75. The van der Waals surface area contributed by atoms with Crippen LogP contribution in [0.4, 0.5) is 21.9 Å². The van der Waals surface area contributed by atoms with Crippen molar-refractivity contribution in [2.45, 2.75) is 6.10 Å². The third-order valence-electron chi connectivity index (χ3n) is 4.93. The van der Waals surface area contributed by atoms with E-state index in [0.29, 0.717) is 28.2 Å². The van der Waals surface area contributed by atoms with Crippen molar-refractivity contribution in [1.82, 2.24) is 0 Å². The summed E-state index contributed by atoms with van der Waals surface area (Å²) in [7, 11) is 0. The molecule has 0 aliphatic carbocycles. The third-order valence-corrected chi connectivity index (χ3v) is 4.93. The minimum absolute atomic E-state index is 0. The van der Waals surface area contributed by atoms with Gasteiger partial charge >= 0.3 is 12.1 Å². The largest absolute Gasteiger partial charge is 0.458 e. The van der Waals surface area contributed by atoms with Crippen LogP contribution in [-0.2, 0) is 9.47 Å². The highest BCUT2D eigenvalue weighted by Gasteiger charge is 2.33. The monoisotopic (exact) mass is 467 g/mol. The Kier molecular flexibility index (Phi) is 7.53. The molecule has 170 valence electrons. The van der Waals surface area contributed by atoms with E-state index in [2.05, 4.69) is 5.32 Å². The van der Waals surface area contributed by atoms with E-state index in [-0.39, 0.29) is 31.5 Å². The van der Waals surface area contributed by atoms with Crippen LogP contribution in [-0.4, -0.2) is 37.2 Å². The molecule has 8 nitrogen and oxygen atoms in total. The van der Waals surface area contributed by atoms with Crippen molar-refractivity contribution in [3.63, 3.8) is 0 Å². The molecule has 3 aromatic carbocycles. The number of para-hydroxylation sites is 2. The second-order valence-corrected chi connectivity index (χ2v) is 7.17. The standard InChI is InChI=1S/C24H21N3O5.ClH/c25-20-8-4-5-9-21(20)26-22(28)16-10-12-18(13-11-16)27-14-19(32-24(27)30)15-31-23(29)17-6-2-1-3-7-17;/h1-13,19H,14-15,25H2,(H,26,28);1H. The molecule has 3 aromatic rings. The van der Waals surface area contributed by atoms with Crippen LogP contribution in [0.1, 0.15) is 20.7 Å². The first-order valence-electron chi connectivity index (χ1n) is 9.97. The smallest absolute Gasteiger partial charge is 0.414 e. The fraction of sp³-hybridized carbons (Fsp3) is 0.125. The number of anilines is 3. The Hall–Kier alpha value is -4.04. The number of cyclic esters (lactones) is 1. The zero-order valence-electron chi connectivity index (χ0n) is 17.5. The predicted molar refractivity (Wildman–Crippen MR) is 127 cm³/mol. The molecule has 2 amide bonds. The Morgan fingerprint density at radius 1 is 0.970 bits per heavy atom. The Labute approximate surface area is 196 Å². The van der Waals surface area contributed by atoms with E-state index in [1.165, 1.54) is 4.90 Å².